The van der Waals surface area contributed by atoms with E-state index in [1.165, 1.54) is 21.9 Å². The minimum Gasteiger partial charge on any atom is -0.485 e. The Labute approximate surface area is 277 Å². The predicted molar refractivity (Wildman–Crippen MR) is 169 cm³/mol. The van der Waals surface area contributed by atoms with Crippen LogP contribution in [0.4, 0.5) is 0 Å². The quantitative estimate of drug-likeness (QED) is 0.373. The van der Waals surface area contributed by atoms with E-state index >= 15 is 0 Å². The number of benzene rings is 2. The lowest BCUT2D eigenvalue weighted by Gasteiger charge is -2.49. The highest BCUT2D eigenvalue weighted by molar-refractivity contribution is 8.26. The lowest BCUT2D eigenvalue weighted by molar-refractivity contribution is -0.139. The summed E-state index contributed by atoms with van der Waals surface area (Å²) in [6.07, 6.45) is -1.47. The molecule has 2 N–H and O–H groups in total. The molecule has 4 aliphatic heterocycles. The van der Waals surface area contributed by atoms with Gasteiger partial charge in [-0.3, -0.25) is 18.6 Å². The zero-order valence-electron chi connectivity index (χ0n) is 26.9. The molecule has 6 rings (SSSR count). The number of ether oxygens (including phenoxy) is 2. The number of nitrogens with zero attached hydrogens (tertiary/aromatic N) is 4. The molecule has 4 heterocycles. The molecule has 48 heavy (non-hydrogen) atoms. The zero-order chi connectivity index (χ0) is 34.8. The number of carbonyl (C=O) groups is 2. The van der Waals surface area contributed by atoms with Gasteiger partial charge in [-0.1, -0.05) is 0 Å². The van der Waals surface area contributed by atoms with Crippen LogP contribution in [0.2, 0.25) is 0 Å². The molecule has 2 amide bonds. The van der Waals surface area contributed by atoms with Crippen LogP contribution in [0.5, 0.6) is 11.5 Å². The van der Waals surface area contributed by atoms with Gasteiger partial charge in [0.2, 0.25) is 11.8 Å². The molecule has 0 radical (unpaired) electrons. The van der Waals surface area contributed by atoms with Crippen LogP contribution in [-0.4, -0.2) is 67.9 Å². The van der Waals surface area contributed by atoms with Crippen molar-refractivity contribution in [2.75, 3.05) is 13.1 Å². The van der Waals surface area contributed by atoms with Gasteiger partial charge in [-0.25, -0.2) is 9.13 Å². The highest BCUT2D eigenvalue weighted by Crippen LogP contribution is 2.80. The number of hydrogen-bond donors (Lipinski definition) is 2. The summed E-state index contributed by atoms with van der Waals surface area (Å²) in [6, 6.07) is 11.2. The lowest BCUT2D eigenvalue weighted by atomic mass is 9.85. The Morgan fingerprint density at radius 2 is 1.12 bits per heavy atom. The van der Waals surface area contributed by atoms with E-state index in [4.69, 9.17) is 18.5 Å². The molecule has 0 spiro atoms. The van der Waals surface area contributed by atoms with Gasteiger partial charge in [0, 0.05) is 37.1 Å². The average molecular weight is 699 g/mol. The Hall–Kier alpha value is -3.74. The van der Waals surface area contributed by atoms with Crippen molar-refractivity contribution in [2.24, 2.45) is 0 Å². The van der Waals surface area contributed by atoms with Crippen LogP contribution in [0.15, 0.2) is 36.4 Å². The molecule has 0 bridgehead atoms. The molecule has 16 heteroatoms. The van der Waals surface area contributed by atoms with Crippen LogP contribution in [0.1, 0.15) is 87.7 Å². The Kier molecular flexibility index (Phi) is 8.53. The molecule has 2 saturated heterocycles. The van der Waals surface area contributed by atoms with Gasteiger partial charge in [0.15, 0.2) is 0 Å². The molecule has 0 aromatic heterocycles. The van der Waals surface area contributed by atoms with Crippen molar-refractivity contribution in [2.45, 2.75) is 88.9 Å². The van der Waals surface area contributed by atoms with Crippen molar-refractivity contribution in [3.8, 4) is 23.6 Å². The second kappa shape index (κ2) is 12.0. The number of likely N-dealkylation sites (tertiary alicyclic amines) is 2. The van der Waals surface area contributed by atoms with Gasteiger partial charge in [-0.2, -0.15) is 10.5 Å². The minimum absolute atomic E-state index is 0.221. The van der Waals surface area contributed by atoms with Crippen LogP contribution >= 0.6 is 14.6 Å². The van der Waals surface area contributed by atoms with Crippen molar-refractivity contribution < 1.29 is 47.0 Å². The Balaban J connectivity index is 1.39. The number of fused-ring (bicyclic) bond motifs is 2. The molecule has 14 nitrogen and oxygen atoms in total. The van der Waals surface area contributed by atoms with E-state index in [-0.39, 0.29) is 48.9 Å². The fourth-order valence-electron chi connectivity index (χ4n) is 7.03. The van der Waals surface area contributed by atoms with Gasteiger partial charge >= 0.3 is 14.6 Å². The summed E-state index contributed by atoms with van der Waals surface area (Å²) in [4.78, 5) is 51.9. The lowest BCUT2D eigenvalue weighted by Crippen LogP contribution is -2.55. The smallest absolute Gasteiger partial charge is 0.439 e. The van der Waals surface area contributed by atoms with E-state index in [1.54, 1.807) is 52.0 Å². The highest BCUT2D eigenvalue weighted by Gasteiger charge is 2.60. The average Bonchev–Trinajstić information content (AvgIpc) is 3.64. The molecule has 254 valence electrons. The fraction of sp³-hybridized carbons (Fsp3) is 0.500. The molecule has 0 saturated carbocycles. The molecule has 2 unspecified atom stereocenters. The number of hydrogen-bond acceptors (Lipinski definition) is 10. The maximum absolute atomic E-state index is 14.1. The summed E-state index contributed by atoms with van der Waals surface area (Å²) in [5.74, 6) is 0.139. The Morgan fingerprint density at radius 3 is 1.44 bits per heavy atom. The van der Waals surface area contributed by atoms with Gasteiger partial charge in [-0.05, 0) is 76.9 Å². The van der Waals surface area contributed by atoms with Crippen molar-refractivity contribution in [3.05, 3.63) is 58.7 Å². The first-order valence-corrected chi connectivity index (χ1v) is 19.4. The monoisotopic (exact) mass is 698 g/mol. The fourth-order valence-corrected chi connectivity index (χ4v) is 9.92. The van der Waals surface area contributed by atoms with Gasteiger partial charge < -0.3 is 29.1 Å². The standard InChI is InChI=1S/C32H36N4O10P2/c1-31(2)29(27(35-13-5-7-25(35)37)21-15-19(17-33)9-11-23(21)43-31)45-47(39,40)48(41,42)46-30-28(36-14-6-8-26(36)38)22-16-20(18-34)10-12-24(22)44-32(30,3)4/h9-12,15-16,27-30H,5-8,13-14H2,1-4H3,(H,39,40)(H,41,42)/t27-,28-,29+,30+/m1/s1. The third-order valence-corrected chi connectivity index (χ3v) is 13.4. The number of carbonyl (C=O) groups excluding carboxylic acids is 2. The normalized spacial score (nSPS) is 28.2. The molecule has 6 atom stereocenters. The first-order valence-electron chi connectivity index (χ1n) is 15.6. The highest BCUT2D eigenvalue weighted by atomic mass is 32.1. The van der Waals surface area contributed by atoms with Crippen molar-refractivity contribution in [3.63, 3.8) is 0 Å². The maximum Gasteiger partial charge on any atom is 0.439 e. The summed E-state index contributed by atoms with van der Waals surface area (Å²) >= 11 is 0. The molecular formula is C32H36N4O10P2. The summed E-state index contributed by atoms with van der Waals surface area (Å²) in [5.41, 5.74) is -1.65. The topological polar surface area (TPSA) is 200 Å². The number of rotatable bonds is 7. The van der Waals surface area contributed by atoms with E-state index in [1.807, 2.05) is 12.1 Å². The molecular weight excluding hydrogens is 662 g/mol. The third-order valence-electron chi connectivity index (χ3n) is 9.32. The van der Waals surface area contributed by atoms with E-state index < -0.39 is 50.1 Å². The van der Waals surface area contributed by atoms with Crippen molar-refractivity contribution in [1.29, 1.82) is 10.5 Å². The zero-order valence-corrected chi connectivity index (χ0v) is 28.6. The summed E-state index contributed by atoms with van der Waals surface area (Å²) in [6.45, 7) is 6.81. The van der Waals surface area contributed by atoms with Crippen LogP contribution in [0, 0.1) is 22.7 Å². The van der Waals surface area contributed by atoms with Crippen LogP contribution < -0.4 is 9.47 Å². The number of nitriles is 2. The minimum atomic E-state index is -5.67. The summed E-state index contributed by atoms with van der Waals surface area (Å²) in [7, 11) is -11.3. The maximum atomic E-state index is 14.1. The van der Waals surface area contributed by atoms with Crippen LogP contribution in [0.25, 0.3) is 0 Å². The van der Waals surface area contributed by atoms with Gasteiger partial charge in [0.05, 0.1) is 35.3 Å². The van der Waals surface area contributed by atoms with Gasteiger partial charge in [-0.15, -0.1) is 0 Å². The van der Waals surface area contributed by atoms with E-state index in [2.05, 4.69) is 0 Å². The summed E-state index contributed by atoms with van der Waals surface area (Å²) < 4.78 is 52.1. The van der Waals surface area contributed by atoms with Crippen molar-refractivity contribution in [1.82, 2.24) is 9.80 Å². The molecule has 2 aromatic carbocycles. The molecule has 2 fully saturated rings. The second-order valence-corrected chi connectivity index (χ2v) is 18.9. The van der Waals surface area contributed by atoms with Gasteiger partial charge in [0.25, 0.3) is 0 Å². The van der Waals surface area contributed by atoms with Crippen LogP contribution in [-0.2, 0) is 27.8 Å². The predicted octanol–water partition coefficient (Wildman–Crippen LogP) is 4.86. The third kappa shape index (κ3) is 5.81. The molecule has 0 aliphatic carbocycles. The van der Waals surface area contributed by atoms with Gasteiger partial charge in [0.1, 0.15) is 34.9 Å². The first-order chi connectivity index (χ1) is 22.5. The Morgan fingerprint density at radius 1 is 0.750 bits per heavy atom. The van der Waals surface area contributed by atoms with E-state index in [9.17, 15) is 39.0 Å². The van der Waals surface area contributed by atoms with E-state index in [0.717, 1.165) is 0 Å². The van der Waals surface area contributed by atoms with E-state index in [0.29, 0.717) is 35.5 Å². The van der Waals surface area contributed by atoms with Crippen molar-refractivity contribution >= 4 is 26.4 Å². The first kappa shape index (κ1) is 34.1. The van der Waals surface area contributed by atoms with Crippen LogP contribution in [0.3, 0.4) is 0 Å². The largest absolute Gasteiger partial charge is 0.485 e. The molecule has 2 aromatic rings. The number of amides is 2. The molecule has 4 aliphatic rings. The summed E-state index contributed by atoms with van der Waals surface area (Å²) in [5, 5.41) is 19.2. The Bertz CT molecular complexity index is 1730. The SMILES string of the molecule is CC1(C)Oc2ccc(C#N)cc2[C@@H](N2CCCC2=O)[C@@H]1OP(=O)(O)P(=O)(O)O[C@H]1[C@H](N2CCCC2=O)c2cc(C#N)ccc2OC1(C)C. The second-order valence-electron chi connectivity index (χ2n) is 13.4.